The molecule has 2 aromatic rings. The molecule has 2 aromatic carbocycles. The average Bonchev–Trinajstić information content (AvgIpc) is 2.45. The van der Waals surface area contributed by atoms with Gasteiger partial charge in [-0.15, -0.1) is 0 Å². The van der Waals surface area contributed by atoms with Crippen LogP contribution in [0.5, 0.6) is 0 Å². The largest absolute Gasteiger partial charge is 0.394 e. The maximum Gasteiger partial charge on any atom is 0.247 e. The molecule has 0 radical (unpaired) electrons. The molecule has 8 heteroatoms. The first-order valence-corrected chi connectivity index (χ1v) is 8.04. The van der Waals surface area contributed by atoms with Crippen LogP contribution < -0.4 is 4.72 Å². The van der Waals surface area contributed by atoms with Crippen LogP contribution in [0.4, 0.5) is 8.78 Å². The van der Waals surface area contributed by atoms with E-state index in [2.05, 4.69) is 4.72 Å². The molecule has 1 atom stereocenters. The number of hydrogen-bond acceptors (Lipinski definition) is 3. The van der Waals surface area contributed by atoms with Gasteiger partial charge in [-0.25, -0.2) is 21.9 Å². The summed E-state index contributed by atoms with van der Waals surface area (Å²) in [6, 6.07) is 7.72. The van der Waals surface area contributed by atoms with Crippen molar-refractivity contribution in [2.75, 3.05) is 6.61 Å². The lowest BCUT2D eigenvalue weighted by atomic mass is 10.1. The van der Waals surface area contributed by atoms with E-state index in [-0.39, 0.29) is 0 Å². The second kappa shape index (κ2) is 6.70. The fourth-order valence-corrected chi connectivity index (χ4v) is 3.37. The third kappa shape index (κ3) is 3.61. The van der Waals surface area contributed by atoms with Gasteiger partial charge in [-0.1, -0.05) is 29.8 Å². The highest BCUT2D eigenvalue weighted by Gasteiger charge is 2.27. The number of benzene rings is 2. The van der Waals surface area contributed by atoms with Crippen LogP contribution in [0.2, 0.25) is 5.02 Å². The van der Waals surface area contributed by atoms with Gasteiger partial charge in [0.2, 0.25) is 10.0 Å². The third-order valence-electron chi connectivity index (χ3n) is 2.94. The smallest absolute Gasteiger partial charge is 0.247 e. The molecule has 0 aliphatic carbocycles. The summed E-state index contributed by atoms with van der Waals surface area (Å²) >= 11 is 5.73. The zero-order chi connectivity index (χ0) is 16.3. The first kappa shape index (κ1) is 16.8. The molecule has 0 saturated heterocycles. The minimum Gasteiger partial charge on any atom is -0.394 e. The highest BCUT2D eigenvalue weighted by molar-refractivity contribution is 7.89. The number of aliphatic hydroxyl groups is 1. The van der Waals surface area contributed by atoms with Crippen molar-refractivity contribution in [1.82, 2.24) is 4.72 Å². The van der Waals surface area contributed by atoms with Crippen LogP contribution in [0.3, 0.4) is 0 Å². The van der Waals surface area contributed by atoms with Gasteiger partial charge in [0.1, 0.15) is 11.6 Å². The topological polar surface area (TPSA) is 66.4 Å². The molecule has 0 spiro atoms. The van der Waals surface area contributed by atoms with Crippen molar-refractivity contribution in [3.8, 4) is 0 Å². The van der Waals surface area contributed by atoms with Crippen molar-refractivity contribution >= 4 is 21.6 Å². The molecule has 0 heterocycles. The summed E-state index contributed by atoms with van der Waals surface area (Å²) in [6.45, 7) is -0.586. The summed E-state index contributed by atoms with van der Waals surface area (Å²) in [4.78, 5) is -1.08. The highest BCUT2D eigenvalue weighted by Crippen LogP contribution is 2.22. The molecule has 22 heavy (non-hydrogen) atoms. The van der Waals surface area contributed by atoms with Gasteiger partial charge in [-0.2, -0.15) is 0 Å². The van der Waals surface area contributed by atoms with E-state index < -0.39 is 39.2 Å². The molecule has 0 saturated carbocycles. The standard InChI is InChI=1S/C14H12ClF2NO3S/c15-10-6-4-9(5-7-10)13(8-19)18-22(20,21)14-11(16)2-1-3-12(14)17/h1-7,13,18-19H,8H2. The summed E-state index contributed by atoms with van der Waals surface area (Å²) in [5, 5.41) is 9.78. The second-order valence-electron chi connectivity index (χ2n) is 4.46. The molecule has 0 bridgehead atoms. The van der Waals surface area contributed by atoms with Crippen LogP contribution in [-0.4, -0.2) is 20.1 Å². The van der Waals surface area contributed by atoms with Crippen LogP contribution in [0.25, 0.3) is 0 Å². The number of nitrogens with one attached hydrogen (secondary N) is 1. The summed E-state index contributed by atoms with van der Waals surface area (Å²) in [5.41, 5.74) is 0.409. The Morgan fingerprint density at radius 3 is 2.14 bits per heavy atom. The lowest BCUT2D eigenvalue weighted by Gasteiger charge is -2.17. The number of halogens is 3. The van der Waals surface area contributed by atoms with Crippen LogP contribution in [0, 0.1) is 11.6 Å². The van der Waals surface area contributed by atoms with Crippen LogP contribution in [-0.2, 0) is 10.0 Å². The third-order valence-corrected chi connectivity index (χ3v) is 4.71. The van der Waals surface area contributed by atoms with E-state index in [9.17, 15) is 22.3 Å². The molecule has 4 nitrogen and oxygen atoms in total. The highest BCUT2D eigenvalue weighted by atomic mass is 35.5. The molecule has 2 N–H and O–H groups in total. The van der Waals surface area contributed by atoms with Crippen molar-refractivity contribution < 1.29 is 22.3 Å². The zero-order valence-corrected chi connectivity index (χ0v) is 12.7. The molecule has 0 aliphatic rings. The fraction of sp³-hybridized carbons (Fsp3) is 0.143. The maximum absolute atomic E-state index is 13.6. The lowest BCUT2D eigenvalue weighted by molar-refractivity contribution is 0.258. The van der Waals surface area contributed by atoms with Crippen LogP contribution in [0.15, 0.2) is 47.4 Å². The van der Waals surface area contributed by atoms with Gasteiger partial charge in [0.25, 0.3) is 0 Å². The Kier molecular flexibility index (Phi) is 5.12. The Hall–Kier alpha value is -1.54. The molecular formula is C14H12ClF2NO3S. The van der Waals surface area contributed by atoms with Gasteiger partial charge >= 0.3 is 0 Å². The summed E-state index contributed by atoms with van der Waals surface area (Å²) < 4.78 is 53.6. The van der Waals surface area contributed by atoms with Crippen LogP contribution >= 0.6 is 11.6 Å². The molecule has 0 aromatic heterocycles. The van der Waals surface area contributed by atoms with Crippen molar-refractivity contribution in [3.05, 3.63) is 64.7 Å². The van der Waals surface area contributed by atoms with Gasteiger partial charge < -0.3 is 5.11 Å². The van der Waals surface area contributed by atoms with E-state index in [0.717, 1.165) is 18.2 Å². The first-order valence-electron chi connectivity index (χ1n) is 6.18. The van der Waals surface area contributed by atoms with Crippen molar-refractivity contribution in [2.24, 2.45) is 0 Å². The number of aliphatic hydroxyl groups excluding tert-OH is 1. The lowest BCUT2D eigenvalue weighted by Crippen LogP contribution is -2.32. The Balaban J connectivity index is 2.36. The summed E-state index contributed by atoms with van der Waals surface area (Å²) in [6.07, 6.45) is 0. The minimum atomic E-state index is -4.48. The van der Waals surface area contributed by atoms with E-state index in [1.807, 2.05) is 0 Å². The van der Waals surface area contributed by atoms with Gasteiger partial charge in [0, 0.05) is 5.02 Å². The predicted octanol–water partition coefficient (Wildman–Crippen LogP) is 2.63. The molecule has 0 fully saturated rings. The SMILES string of the molecule is O=S(=O)(NC(CO)c1ccc(Cl)cc1)c1c(F)cccc1F. The van der Waals surface area contributed by atoms with E-state index in [0.29, 0.717) is 10.6 Å². The van der Waals surface area contributed by atoms with Crippen molar-refractivity contribution in [1.29, 1.82) is 0 Å². The number of hydrogen-bond donors (Lipinski definition) is 2. The monoisotopic (exact) mass is 347 g/mol. The van der Waals surface area contributed by atoms with E-state index in [1.165, 1.54) is 24.3 Å². The van der Waals surface area contributed by atoms with Gasteiger partial charge in [-0.3, -0.25) is 0 Å². The minimum absolute atomic E-state index is 0.409. The Bertz CT molecular complexity index is 746. The summed E-state index contributed by atoms with van der Waals surface area (Å²) in [7, 11) is -4.48. The number of rotatable bonds is 5. The van der Waals surface area contributed by atoms with Gasteiger partial charge in [0.05, 0.1) is 12.6 Å². The van der Waals surface area contributed by atoms with Crippen molar-refractivity contribution in [3.63, 3.8) is 0 Å². The Morgan fingerprint density at radius 2 is 1.64 bits per heavy atom. The van der Waals surface area contributed by atoms with E-state index in [4.69, 9.17) is 11.6 Å². The summed E-state index contributed by atoms with van der Waals surface area (Å²) in [5.74, 6) is -2.42. The van der Waals surface area contributed by atoms with Crippen molar-refractivity contribution in [2.45, 2.75) is 10.9 Å². The molecule has 2 rings (SSSR count). The molecule has 0 aliphatic heterocycles. The predicted molar refractivity (Wildman–Crippen MR) is 78.0 cm³/mol. The molecule has 0 amide bonds. The van der Waals surface area contributed by atoms with E-state index >= 15 is 0 Å². The average molecular weight is 348 g/mol. The van der Waals surface area contributed by atoms with Crippen LogP contribution in [0.1, 0.15) is 11.6 Å². The Morgan fingerprint density at radius 1 is 1.09 bits per heavy atom. The molecular weight excluding hydrogens is 336 g/mol. The molecule has 118 valence electrons. The first-order chi connectivity index (χ1) is 10.3. The number of sulfonamides is 1. The maximum atomic E-state index is 13.6. The Labute approximate surface area is 131 Å². The second-order valence-corrected chi connectivity index (χ2v) is 6.55. The van der Waals surface area contributed by atoms with Gasteiger partial charge in [0.15, 0.2) is 4.90 Å². The van der Waals surface area contributed by atoms with E-state index in [1.54, 1.807) is 0 Å². The zero-order valence-electron chi connectivity index (χ0n) is 11.1. The normalized spacial score (nSPS) is 13.1. The van der Waals surface area contributed by atoms with Gasteiger partial charge in [-0.05, 0) is 29.8 Å². The molecule has 1 unspecified atom stereocenters. The fourth-order valence-electron chi connectivity index (χ4n) is 1.89. The quantitative estimate of drug-likeness (QED) is 0.873.